The van der Waals surface area contributed by atoms with Crippen molar-refractivity contribution in [1.82, 2.24) is 15.1 Å². The molecule has 0 radical (unpaired) electrons. The lowest BCUT2D eigenvalue weighted by Crippen LogP contribution is -2.52. The number of hydrogen-bond acceptors (Lipinski definition) is 7. The van der Waals surface area contributed by atoms with E-state index in [4.69, 9.17) is 11.6 Å². The fourth-order valence-corrected chi connectivity index (χ4v) is 6.09. The Balaban J connectivity index is 1.19. The van der Waals surface area contributed by atoms with Crippen molar-refractivity contribution in [2.45, 2.75) is 32.6 Å². The Kier molecular flexibility index (Phi) is 6.42. The van der Waals surface area contributed by atoms with Gasteiger partial charge in [0.1, 0.15) is 0 Å². The highest BCUT2D eigenvalue weighted by Crippen LogP contribution is 2.33. The summed E-state index contributed by atoms with van der Waals surface area (Å²) < 4.78 is 0. The smallest absolute Gasteiger partial charge is 0.228 e. The molecule has 33 heavy (non-hydrogen) atoms. The monoisotopic (exact) mass is 488 g/mol. The summed E-state index contributed by atoms with van der Waals surface area (Å²) >= 11 is 7.66. The van der Waals surface area contributed by atoms with Gasteiger partial charge in [0.25, 0.3) is 0 Å². The van der Waals surface area contributed by atoms with Gasteiger partial charge in [-0.2, -0.15) is 0 Å². The first kappa shape index (κ1) is 22.4. The van der Waals surface area contributed by atoms with Crippen molar-refractivity contribution in [2.75, 3.05) is 60.5 Å². The molecule has 1 aromatic carbocycles. The third kappa shape index (κ3) is 4.66. The second-order valence-electron chi connectivity index (χ2n) is 9.04. The van der Waals surface area contributed by atoms with Crippen LogP contribution in [0.5, 0.6) is 0 Å². The summed E-state index contributed by atoms with van der Waals surface area (Å²) in [5.41, 5.74) is 2.36. The highest BCUT2D eigenvalue weighted by Gasteiger charge is 2.33. The number of hydrogen-bond donors (Lipinski definition) is 0. The lowest BCUT2D eigenvalue weighted by Gasteiger charge is -2.40. The van der Waals surface area contributed by atoms with Crippen LogP contribution in [0.3, 0.4) is 0 Å². The molecule has 0 bridgehead atoms. The van der Waals surface area contributed by atoms with Gasteiger partial charge in [0.2, 0.25) is 22.1 Å². The maximum absolute atomic E-state index is 13.3. The van der Waals surface area contributed by atoms with Crippen LogP contribution in [-0.4, -0.2) is 72.7 Å². The van der Waals surface area contributed by atoms with Crippen LogP contribution in [0.2, 0.25) is 5.02 Å². The van der Waals surface area contributed by atoms with E-state index in [0.29, 0.717) is 18.1 Å². The highest BCUT2D eigenvalue weighted by molar-refractivity contribution is 7.19. The molecule has 1 aromatic heterocycles. The number of piperidine rings is 1. The molecule has 3 aliphatic heterocycles. The molecule has 2 aromatic rings. The van der Waals surface area contributed by atoms with Gasteiger partial charge < -0.3 is 14.7 Å². The molecule has 8 nitrogen and oxygen atoms in total. The topological polar surface area (TPSA) is 72.9 Å². The Labute approximate surface area is 203 Å². The van der Waals surface area contributed by atoms with Crippen LogP contribution in [0.1, 0.15) is 31.2 Å². The molecule has 5 rings (SSSR count). The summed E-state index contributed by atoms with van der Waals surface area (Å²) in [6, 6.07) is 5.97. The maximum Gasteiger partial charge on any atom is 0.228 e. The molecular formula is C23H29ClN6O2S. The highest BCUT2D eigenvalue weighted by atomic mass is 35.5. The van der Waals surface area contributed by atoms with Crippen LogP contribution >= 0.6 is 22.9 Å². The summed E-state index contributed by atoms with van der Waals surface area (Å²) in [6.45, 7) is 7.42. The van der Waals surface area contributed by atoms with Crippen molar-refractivity contribution in [3.63, 3.8) is 0 Å². The Morgan fingerprint density at radius 2 is 1.82 bits per heavy atom. The predicted octanol–water partition coefficient (Wildman–Crippen LogP) is 3.19. The van der Waals surface area contributed by atoms with E-state index in [0.717, 1.165) is 74.4 Å². The largest absolute Gasteiger partial charge is 0.368 e. The SMILES string of the molecule is Cc1ccc(Cl)cc1N1CCN(C(=O)[C@H]2CCCN(c3nnc(N4CCCC4=O)s3)C2)CC1. The number of carbonyl (C=O) groups is 2. The summed E-state index contributed by atoms with van der Waals surface area (Å²) in [4.78, 5) is 33.6. The number of aryl methyl sites for hydroxylation is 1. The average Bonchev–Trinajstić information content (AvgIpc) is 3.49. The molecule has 3 saturated heterocycles. The van der Waals surface area contributed by atoms with Gasteiger partial charge in [-0.25, -0.2) is 0 Å². The Hall–Kier alpha value is -2.39. The lowest BCUT2D eigenvalue weighted by atomic mass is 9.96. The number of aromatic nitrogens is 2. The first-order chi connectivity index (χ1) is 16.0. The number of carbonyl (C=O) groups excluding carboxylic acids is 2. The second kappa shape index (κ2) is 9.46. The van der Waals surface area contributed by atoms with Gasteiger partial charge in [-0.05, 0) is 43.9 Å². The van der Waals surface area contributed by atoms with Gasteiger partial charge in [0.15, 0.2) is 0 Å². The summed E-state index contributed by atoms with van der Waals surface area (Å²) in [7, 11) is 0. The third-order valence-electron chi connectivity index (χ3n) is 6.85. The molecule has 0 N–H and O–H groups in total. The van der Waals surface area contributed by atoms with E-state index in [-0.39, 0.29) is 17.7 Å². The van der Waals surface area contributed by atoms with Gasteiger partial charge >= 0.3 is 0 Å². The van der Waals surface area contributed by atoms with E-state index in [2.05, 4.69) is 26.9 Å². The molecule has 0 unspecified atom stereocenters. The quantitative estimate of drug-likeness (QED) is 0.658. The second-order valence-corrected chi connectivity index (χ2v) is 10.4. The van der Waals surface area contributed by atoms with Gasteiger partial charge in [0.05, 0.1) is 5.92 Å². The van der Waals surface area contributed by atoms with E-state index in [1.165, 1.54) is 16.9 Å². The Bertz CT molecular complexity index is 1040. The molecule has 0 saturated carbocycles. The minimum Gasteiger partial charge on any atom is -0.368 e. The normalized spacial score (nSPS) is 21.8. The predicted molar refractivity (Wildman–Crippen MR) is 131 cm³/mol. The molecule has 3 aliphatic rings. The van der Waals surface area contributed by atoms with Gasteiger partial charge in [-0.15, -0.1) is 10.2 Å². The van der Waals surface area contributed by atoms with E-state index >= 15 is 0 Å². The number of nitrogens with zero attached hydrogens (tertiary/aromatic N) is 6. The zero-order valence-electron chi connectivity index (χ0n) is 18.9. The molecule has 176 valence electrons. The minimum absolute atomic E-state index is 0.0287. The van der Waals surface area contributed by atoms with Crippen molar-refractivity contribution >= 4 is 50.7 Å². The van der Waals surface area contributed by atoms with E-state index in [1.54, 1.807) is 4.90 Å². The van der Waals surface area contributed by atoms with E-state index < -0.39 is 0 Å². The van der Waals surface area contributed by atoms with Crippen LogP contribution in [0.15, 0.2) is 18.2 Å². The molecule has 0 spiro atoms. The average molecular weight is 489 g/mol. The van der Waals surface area contributed by atoms with Crippen LogP contribution in [0.4, 0.5) is 16.0 Å². The summed E-state index contributed by atoms with van der Waals surface area (Å²) in [5.74, 6) is 0.331. The third-order valence-corrected chi connectivity index (χ3v) is 8.09. The molecule has 2 amide bonds. The molecular weight excluding hydrogens is 460 g/mol. The number of amides is 2. The number of benzene rings is 1. The fourth-order valence-electron chi connectivity index (χ4n) is 5.00. The fraction of sp³-hybridized carbons (Fsp3) is 0.565. The Morgan fingerprint density at radius 1 is 1.03 bits per heavy atom. The molecule has 1 atom stereocenters. The first-order valence-electron chi connectivity index (χ1n) is 11.7. The standard InChI is InChI=1S/C23H29ClN6O2S/c1-16-6-7-18(24)14-19(16)27-10-12-28(13-11-27)21(32)17-4-2-8-29(15-17)22-25-26-23(33-22)30-9-3-5-20(30)31/h6-7,14,17H,2-5,8-13,15H2,1H3/t17-/m0/s1. The maximum atomic E-state index is 13.3. The lowest BCUT2D eigenvalue weighted by molar-refractivity contribution is -0.136. The van der Waals surface area contributed by atoms with E-state index in [9.17, 15) is 9.59 Å². The first-order valence-corrected chi connectivity index (χ1v) is 12.9. The van der Waals surface area contributed by atoms with Crippen molar-refractivity contribution < 1.29 is 9.59 Å². The van der Waals surface area contributed by atoms with Crippen LogP contribution < -0.4 is 14.7 Å². The van der Waals surface area contributed by atoms with Gasteiger partial charge in [-0.3, -0.25) is 14.5 Å². The van der Waals surface area contributed by atoms with Crippen LogP contribution in [0.25, 0.3) is 0 Å². The van der Waals surface area contributed by atoms with Crippen molar-refractivity contribution in [3.05, 3.63) is 28.8 Å². The van der Waals surface area contributed by atoms with Crippen molar-refractivity contribution in [3.8, 4) is 0 Å². The zero-order chi connectivity index (χ0) is 22.9. The molecule has 0 aliphatic carbocycles. The zero-order valence-corrected chi connectivity index (χ0v) is 20.4. The van der Waals surface area contributed by atoms with Crippen molar-refractivity contribution in [2.24, 2.45) is 5.92 Å². The van der Waals surface area contributed by atoms with Crippen LogP contribution in [-0.2, 0) is 9.59 Å². The minimum atomic E-state index is -0.0287. The van der Waals surface area contributed by atoms with Crippen LogP contribution in [0, 0.1) is 12.8 Å². The summed E-state index contributed by atoms with van der Waals surface area (Å²) in [6.07, 6.45) is 3.31. The molecule has 10 heteroatoms. The number of piperazine rings is 1. The van der Waals surface area contributed by atoms with Gasteiger partial charge in [-0.1, -0.05) is 29.0 Å². The molecule has 3 fully saturated rings. The van der Waals surface area contributed by atoms with Gasteiger partial charge in [0, 0.05) is 62.9 Å². The molecule has 4 heterocycles. The van der Waals surface area contributed by atoms with E-state index in [1.807, 2.05) is 23.1 Å². The summed E-state index contributed by atoms with van der Waals surface area (Å²) in [5, 5.41) is 10.8. The Morgan fingerprint density at radius 3 is 2.58 bits per heavy atom. The number of halogens is 1. The number of rotatable bonds is 4. The number of anilines is 3. The van der Waals surface area contributed by atoms with Crippen molar-refractivity contribution in [1.29, 1.82) is 0 Å².